The third kappa shape index (κ3) is 4.76. The minimum Gasteiger partial charge on any atom is -0.368 e. The number of piperazine rings is 1. The number of nitrogens with zero attached hydrogens (tertiary/aromatic N) is 5. The fraction of sp³-hybridized carbons (Fsp3) is 0.333. The van der Waals surface area contributed by atoms with Crippen molar-refractivity contribution < 1.29 is 9.32 Å². The highest BCUT2D eigenvalue weighted by Gasteiger charge is 2.21. The second-order valence-corrected chi connectivity index (χ2v) is 7.74. The molecule has 3 aromatic rings. The Morgan fingerprint density at radius 3 is 2.55 bits per heavy atom. The number of pyridine rings is 1. The summed E-state index contributed by atoms with van der Waals surface area (Å²) in [6.07, 6.45) is 2.44. The molecule has 150 valence electrons. The Balaban J connectivity index is 1.26. The number of anilines is 1. The molecule has 1 aliphatic heterocycles. The maximum absolute atomic E-state index is 12.6. The van der Waals surface area contributed by atoms with Crippen LogP contribution in [-0.2, 0) is 11.2 Å². The summed E-state index contributed by atoms with van der Waals surface area (Å²) >= 11 is 1.45. The number of amides is 1. The lowest BCUT2D eigenvalue weighted by Crippen LogP contribution is -2.49. The summed E-state index contributed by atoms with van der Waals surface area (Å²) in [5.41, 5.74) is 2.00. The molecule has 1 fully saturated rings. The van der Waals surface area contributed by atoms with E-state index in [4.69, 9.17) is 4.52 Å². The molecule has 0 radical (unpaired) electrons. The van der Waals surface area contributed by atoms with Gasteiger partial charge in [-0.15, -0.1) is 0 Å². The average molecular weight is 410 g/mol. The number of hydrogen-bond acceptors (Lipinski definition) is 7. The Kier molecular flexibility index (Phi) is 6.09. The van der Waals surface area contributed by atoms with Gasteiger partial charge in [-0.2, -0.15) is 4.98 Å². The molecule has 0 spiro atoms. The number of thioether (sulfide) groups is 1. The SMILES string of the molecule is CCc1noc(-c2ccc(SCC(=O)N3CCN(c4ccccc4)CC3)nc2)n1. The topological polar surface area (TPSA) is 75.4 Å². The standard InChI is InChI=1S/C21H23N5O2S/c1-2-18-23-21(28-24-18)16-8-9-19(22-14-16)29-15-20(27)26-12-10-25(11-13-26)17-6-4-3-5-7-17/h3-9,14H,2,10-13,15H2,1H3. The number of hydrogen-bond donors (Lipinski definition) is 0. The number of carbonyl (C=O) groups excluding carboxylic acids is 1. The van der Waals surface area contributed by atoms with E-state index >= 15 is 0 Å². The third-order valence-electron chi connectivity index (χ3n) is 4.86. The van der Waals surface area contributed by atoms with Crippen LogP contribution in [0.25, 0.3) is 11.5 Å². The van der Waals surface area contributed by atoms with Crippen LogP contribution in [0.15, 0.2) is 58.2 Å². The predicted molar refractivity (Wildman–Crippen MR) is 113 cm³/mol. The molecule has 0 N–H and O–H groups in total. The molecule has 29 heavy (non-hydrogen) atoms. The summed E-state index contributed by atoms with van der Waals surface area (Å²) in [7, 11) is 0. The summed E-state index contributed by atoms with van der Waals surface area (Å²) in [5, 5.41) is 4.70. The molecular weight excluding hydrogens is 386 g/mol. The third-order valence-corrected chi connectivity index (χ3v) is 5.79. The van der Waals surface area contributed by atoms with Gasteiger partial charge in [-0.1, -0.05) is 42.0 Å². The molecule has 4 rings (SSSR count). The van der Waals surface area contributed by atoms with Crippen molar-refractivity contribution in [2.45, 2.75) is 18.4 Å². The number of para-hydroxylation sites is 1. The van der Waals surface area contributed by atoms with Gasteiger partial charge in [-0.05, 0) is 24.3 Å². The van der Waals surface area contributed by atoms with Crippen molar-refractivity contribution in [1.82, 2.24) is 20.0 Å². The van der Waals surface area contributed by atoms with Crippen LogP contribution in [0.3, 0.4) is 0 Å². The van der Waals surface area contributed by atoms with Gasteiger partial charge in [0.25, 0.3) is 5.89 Å². The van der Waals surface area contributed by atoms with Crippen LogP contribution in [0.2, 0.25) is 0 Å². The van der Waals surface area contributed by atoms with Crippen molar-refractivity contribution in [3.8, 4) is 11.5 Å². The van der Waals surface area contributed by atoms with Gasteiger partial charge in [0.1, 0.15) is 0 Å². The van der Waals surface area contributed by atoms with E-state index in [0.29, 0.717) is 17.5 Å². The van der Waals surface area contributed by atoms with Crippen LogP contribution >= 0.6 is 11.8 Å². The van der Waals surface area contributed by atoms with Gasteiger partial charge in [0.2, 0.25) is 5.91 Å². The van der Waals surface area contributed by atoms with Crippen LogP contribution in [0, 0.1) is 0 Å². The number of benzene rings is 1. The number of aryl methyl sites for hydroxylation is 1. The molecule has 7 nitrogen and oxygen atoms in total. The fourth-order valence-corrected chi connectivity index (χ4v) is 3.93. The van der Waals surface area contributed by atoms with E-state index in [-0.39, 0.29) is 5.91 Å². The first-order valence-corrected chi connectivity index (χ1v) is 10.7. The Morgan fingerprint density at radius 2 is 1.90 bits per heavy atom. The molecule has 0 saturated carbocycles. The highest BCUT2D eigenvalue weighted by Crippen LogP contribution is 2.22. The smallest absolute Gasteiger partial charge is 0.259 e. The van der Waals surface area contributed by atoms with E-state index in [2.05, 4.69) is 32.2 Å². The Morgan fingerprint density at radius 1 is 1.10 bits per heavy atom. The molecule has 1 amide bonds. The van der Waals surface area contributed by atoms with Gasteiger partial charge in [-0.25, -0.2) is 4.98 Å². The molecule has 1 aromatic carbocycles. The summed E-state index contributed by atoms with van der Waals surface area (Å²) in [5.74, 6) is 1.69. The van der Waals surface area contributed by atoms with E-state index in [1.165, 1.54) is 17.4 Å². The molecule has 3 heterocycles. The van der Waals surface area contributed by atoms with Gasteiger partial charge in [0.15, 0.2) is 5.82 Å². The van der Waals surface area contributed by atoms with Crippen LogP contribution < -0.4 is 4.90 Å². The zero-order valence-electron chi connectivity index (χ0n) is 16.3. The average Bonchev–Trinajstić information content (AvgIpc) is 3.28. The Labute approximate surface area is 174 Å². The van der Waals surface area contributed by atoms with Crippen LogP contribution in [0.4, 0.5) is 5.69 Å². The highest BCUT2D eigenvalue weighted by molar-refractivity contribution is 7.99. The first kappa shape index (κ1) is 19.4. The second kappa shape index (κ2) is 9.09. The van der Waals surface area contributed by atoms with Crippen LogP contribution in [0.5, 0.6) is 0 Å². The summed E-state index contributed by atoms with van der Waals surface area (Å²) < 4.78 is 5.23. The van der Waals surface area contributed by atoms with Crippen molar-refractivity contribution in [2.75, 3.05) is 36.8 Å². The van der Waals surface area contributed by atoms with Gasteiger partial charge in [-0.3, -0.25) is 4.79 Å². The summed E-state index contributed by atoms with van der Waals surface area (Å²) in [6, 6.07) is 14.1. The maximum atomic E-state index is 12.6. The van der Waals surface area contributed by atoms with E-state index in [9.17, 15) is 4.79 Å². The van der Waals surface area contributed by atoms with Gasteiger partial charge < -0.3 is 14.3 Å². The minimum absolute atomic E-state index is 0.151. The minimum atomic E-state index is 0.151. The normalized spacial score (nSPS) is 14.2. The van der Waals surface area contributed by atoms with Crippen molar-refractivity contribution in [3.63, 3.8) is 0 Å². The van der Waals surface area contributed by atoms with Crippen LogP contribution in [0.1, 0.15) is 12.7 Å². The zero-order valence-corrected chi connectivity index (χ0v) is 17.1. The lowest BCUT2D eigenvalue weighted by atomic mass is 10.2. The van der Waals surface area contributed by atoms with E-state index in [0.717, 1.165) is 43.2 Å². The monoisotopic (exact) mass is 409 g/mol. The second-order valence-electron chi connectivity index (χ2n) is 6.75. The van der Waals surface area contributed by atoms with Crippen molar-refractivity contribution in [2.24, 2.45) is 0 Å². The zero-order chi connectivity index (χ0) is 20.1. The fourth-order valence-electron chi connectivity index (χ4n) is 3.19. The van der Waals surface area contributed by atoms with Crippen LogP contribution in [-0.4, -0.2) is 57.9 Å². The van der Waals surface area contributed by atoms with E-state index < -0.39 is 0 Å². The van der Waals surface area contributed by atoms with Crippen molar-refractivity contribution >= 4 is 23.4 Å². The van der Waals surface area contributed by atoms with Gasteiger partial charge in [0, 0.05) is 44.5 Å². The molecular formula is C21H23N5O2S. The summed E-state index contributed by atoms with van der Waals surface area (Å²) in [4.78, 5) is 25.5. The van der Waals surface area contributed by atoms with Crippen molar-refractivity contribution in [3.05, 3.63) is 54.5 Å². The molecule has 0 atom stereocenters. The number of aromatic nitrogens is 3. The molecule has 0 bridgehead atoms. The van der Waals surface area contributed by atoms with Gasteiger partial charge >= 0.3 is 0 Å². The number of rotatable bonds is 6. The number of carbonyl (C=O) groups is 1. The van der Waals surface area contributed by atoms with E-state index in [1.54, 1.807) is 6.20 Å². The quantitative estimate of drug-likeness (QED) is 0.579. The van der Waals surface area contributed by atoms with Crippen molar-refractivity contribution in [1.29, 1.82) is 0 Å². The molecule has 8 heteroatoms. The Hall–Kier alpha value is -2.87. The molecule has 0 aliphatic carbocycles. The molecule has 1 aliphatic rings. The maximum Gasteiger partial charge on any atom is 0.259 e. The lowest BCUT2D eigenvalue weighted by molar-refractivity contribution is -0.128. The largest absolute Gasteiger partial charge is 0.368 e. The molecule has 1 saturated heterocycles. The Bertz CT molecular complexity index is 937. The lowest BCUT2D eigenvalue weighted by Gasteiger charge is -2.36. The molecule has 2 aromatic heterocycles. The summed E-state index contributed by atoms with van der Waals surface area (Å²) in [6.45, 7) is 5.19. The highest BCUT2D eigenvalue weighted by atomic mass is 32.2. The molecule has 0 unspecified atom stereocenters. The van der Waals surface area contributed by atoms with E-state index in [1.807, 2.05) is 42.2 Å². The first-order valence-electron chi connectivity index (χ1n) is 9.72. The first-order chi connectivity index (χ1) is 14.2. The predicted octanol–water partition coefficient (Wildman–Crippen LogP) is 3.13. The van der Waals surface area contributed by atoms with Gasteiger partial charge in [0.05, 0.1) is 16.3 Å².